The van der Waals surface area contributed by atoms with Crippen LogP contribution < -0.4 is 20.1 Å². The zero-order valence-corrected chi connectivity index (χ0v) is 22.1. The first-order valence-corrected chi connectivity index (χ1v) is 12.5. The van der Waals surface area contributed by atoms with Gasteiger partial charge in [0.1, 0.15) is 17.2 Å². The maximum Gasteiger partial charge on any atom is 0.334 e. The van der Waals surface area contributed by atoms with Crippen LogP contribution in [0.4, 0.5) is 17.2 Å². The van der Waals surface area contributed by atoms with Gasteiger partial charge in [0.2, 0.25) is 5.82 Å². The van der Waals surface area contributed by atoms with Gasteiger partial charge < -0.3 is 24.8 Å². The van der Waals surface area contributed by atoms with Gasteiger partial charge in [0, 0.05) is 42.9 Å². The summed E-state index contributed by atoms with van der Waals surface area (Å²) in [6.45, 7) is 3.86. The van der Waals surface area contributed by atoms with Crippen LogP contribution in [0.1, 0.15) is 16.7 Å². The fraction of sp³-hybridized carbons (Fsp3) is 0.286. The Morgan fingerprint density at radius 3 is 2.59 bits per heavy atom. The minimum atomic E-state index is -0.465. The van der Waals surface area contributed by atoms with E-state index in [1.807, 2.05) is 54.3 Å². The van der Waals surface area contributed by atoms with E-state index in [1.54, 1.807) is 31.2 Å². The van der Waals surface area contributed by atoms with Gasteiger partial charge in [-0.1, -0.05) is 29.8 Å². The molecule has 1 aliphatic heterocycles. The number of hydrogen-bond acceptors (Lipinski definition) is 9. The first kappa shape index (κ1) is 26.0. The number of hydrogen-bond donors (Lipinski definition) is 1. The number of morpholine rings is 1. The predicted molar refractivity (Wildman–Crippen MR) is 148 cm³/mol. The van der Waals surface area contributed by atoms with Gasteiger partial charge in [-0.25, -0.2) is 9.67 Å². The van der Waals surface area contributed by atoms with Crippen molar-refractivity contribution in [1.29, 1.82) is 0 Å². The van der Waals surface area contributed by atoms with E-state index in [4.69, 9.17) is 25.0 Å². The van der Waals surface area contributed by atoms with E-state index in [0.717, 1.165) is 22.4 Å². The molecule has 2 N–H and O–H groups in total. The van der Waals surface area contributed by atoms with Crippen LogP contribution in [0.2, 0.25) is 0 Å². The van der Waals surface area contributed by atoms with Crippen molar-refractivity contribution in [1.82, 2.24) is 14.8 Å². The summed E-state index contributed by atoms with van der Waals surface area (Å²) in [6.07, 6.45) is 2.08. The molecule has 5 rings (SSSR count). The summed E-state index contributed by atoms with van der Waals surface area (Å²) in [5, 5.41) is 17.1. The summed E-state index contributed by atoms with van der Waals surface area (Å²) in [4.78, 5) is 18.4. The number of rotatable bonds is 8. The number of methoxy groups -OCH3 is 2. The van der Waals surface area contributed by atoms with Crippen LogP contribution in [0.3, 0.4) is 0 Å². The van der Waals surface area contributed by atoms with Crippen molar-refractivity contribution in [2.24, 2.45) is 0 Å². The summed E-state index contributed by atoms with van der Waals surface area (Å²) in [5.41, 5.74) is 10.7. The Bertz CT molecular complexity index is 1510. The predicted octanol–water partition coefficient (Wildman–Crippen LogP) is 4.18. The zero-order valence-electron chi connectivity index (χ0n) is 22.1. The average Bonchev–Trinajstić information content (AvgIpc) is 3.44. The first-order chi connectivity index (χ1) is 18.9. The number of ether oxygens (including phenoxy) is 3. The Morgan fingerprint density at radius 2 is 1.90 bits per heavy atom. The summed E-state index contributed by atoms with van der Waals surface area (Å²) >= 11 is 0. The fourth-order valence-electron chi connectivity index (χ4n) is 4.85. The summed E-state index contributed by atoms with van der Waals surface area (Å²) < 4.78 is 18.2. The van der Waals surface area contributed by atoms with E-state index >= 15 is 0 Å². The molecule has 1 saturated heterocycles. The molecular weight excluding hydrogens is 500 g/mol. The maximum absolute atomic E-state index is 12.3. The van der Waals surface area contributed by atoms with E-state index in [-0.39, 0.29) is 17.9 Å². The van der Waals surface area contributed by atoms with Gasteiger partial charge in [0.05, 0.1) is 38.1 Å². The minimum Gasteiger partial charge on any atom is -0.497 e. The van der Waals surface area contributed by atoms with Crippen molar-refractivity contribution in [2.75, 3.05) is 51.2 Å². The molecule has 1 aliphatic rings. The Hall–Kier alpha value is -4.64. The molecule has 0 saturated carbocycles. The van der Waals surface area contributed by atoms with Crippen LogP contribution in [0, 0.1) is 17.0 Å². The third-order valence-electron chi connectivity index (χ3n) is 6.74. The number of nitrogens with zero attached hydrogens (tertiary/aromatic N) is 5. The number of pyridine rings is 1. The van der Waals surface area contributed by atoms with Crippen molar-refractivity contribution in [2.45, 2.75) is 13.3 Å². The molecule has 0 bridgehead atoms. The molecule has 11 heteroatoms. The molecule has 11 nitrogen and oxygen atoms in total. The normalized spacial score (nSPS) is 13.4. The van der Waals surface area contributed by atoms with Gasteiger partial charge in [-0.2, -0.15) is 5.10 Å². The SMILES string of the molecule is COc1ccc(Cc2c(-n3ccc(-c4cccc(C)c4)n3)nc(N)c([N+](=O)[O-])c2N2CCOCC2)c(OC)c1. The van der Waals surface area contributed by atoms with Crippen molar-refractivity contribution >= 4 is 17.2 Å². The Kier molecular flexibility index (Phi) is 7.33. The molecule has 0 amide bonds. The molecule has 0 atom stereocenters. The van der Waals surface area contributed by atoms with Crippen molar-refractivity contribution < 1.29 is 19.1 Å². The highest BCUT2D eigenvalue weighted by atomic mass is 16.6. The second kappa shape index (κ2) is 11.0. The average molecular weight is 531 g/mol. The van der Waals surface area contributed by atoms with Crippen LogP contribution in [-0.2, 0) is 11.2 Å². The lowest BCUT2D eigenvalue weighted by atomic mass is 10.0. The number of aryl methyl sites for hydroxylation is 1. The lowest BCUT2D eigenvalue weighted by molar-refractivity contribution is -0.383. The number of nitro groups is 1. The number of nitrogen functional groups attached to an aromatic ring is 1. The first-order valence-electron chi connectivity index (χ1n) is 12.5. The standard InChI is InChI=1S/C28H30N6O5/c1-18-5-4-6-19(15-18)23-9-10-33(31-23)28-22(16-20-7-8-21(37-2)17-24(20)38-3)25(32-11-13-39-14-12-32)26(34(35)36)27(29)30-28/h4-10,15,17H,11-14,16H2,1-3H3,(H2,29,30). The lowest BCUT2D eigenvalue weighted by Gasteiger charge is -2.31. The monoisotopic (exact) mass is 530 g/mol. The molecule has 0 spiro atoms. The molecule has 202 valence electrons. The van der Waals surface area contributed by atoms with Crippen LogP contribution in [0.5, 0.6) is 11.5 Å². The highest BCUT2D eigenvalue weighted by Crippen LogP contribution is 2.41. The van der Waals surface area contributed by atoms with Crippen molar-refractivity contribution in [3.05, 3.63) is 81.5 Å². The Balaban J connectivity index is 1.73. The molecule has 2 aromatic heterocycles. The number of anilines is 2. The van der Waals surface area contributed by atoms with Crippen LogP contribution in [-0.4, -0.2) is 60.2 Å². The molecule has 39 heavy (non-hydrogen) atoms. The third kappa shape index (κ3) is 5.21. The molecule has 1 fully saturated rings. The van der Waals surface area contributed by atoms with E-state index < -0.39 is 4.92 Å². The number of benzene rings is 2. The summed E-state index contributed by atoms with van der Waals surface area (Å²) in [5.74, 6) is 1.47. The van der Waals surface area contributed by atoms with E-state index in [1.165, 1.54) is 0 Å². The minimum absolute atomic E-state index is 0.172. The van der Waals surface area contributed by atoms with Gasteiger partial charge in [0.15, 0.2) is 5.82 Å². The van der Waals surface area contributed by atoms with Crippen LogP contribution in [0.25, 0.3) is 17.1 Å². The zero-order chi connectivity index (χ0) is 27.5. The second-order valence-electron chi connectivity index (χ2n) is 9.22. The Labute approximate surface area is 225 Å². The topological polar surface area (TPSA) is 131 Å². The Morgan fingerprint density at radius 1 is 1.10 bits per heavy atom. The quantitative estimate of drug-likeness (QED) is 0.263. The van der Waals surface area contributed by atoms with E-state index in [9.17, 15) is 10.1 Å². The van der Waals surface area contributed by atoms with Gasteiger partial charge in [-0.05, 0) is 30.7 Å². The number of nitrogens with two attached hydrogens (primary N) is 1. The van der Waals surface area contributed by atoms with Gasteiger partial charge in [-0.3, -0.25) is 10.1 Å². The highest BCUT2D eigenvalue weighted by Gasteiger charge is 2.32. The summed E-state index contributed by atoms with van der Waals surface area (Å²) in [7, 11) is 3.16. The van der Waals surface area contributed by atoms with Crippen molar-refractivity contribution in [3.8, 4) is 28.6 Å². The lowest BCUT2D eigenvalue weighted by Crippen LogP contribution is -2.37. The van der Waals surface area contributed by atoms with Gasteiger partial charge >= 0.3 is 5.69 Å². The van der Waals surface area contributed by atoms with Crippen LogP contribution >= 0.6 is 0 Å². The molecule has 3 heterocycles. The van der Waals surface area contributed by atoms with Gasteiger partial charge in [0.25, 0.3) is 0 Å². The molecule has 2 aromatic carbocycles. The summed E-state index contributed by atoms with van der Waals surface area (Å²) in [6, 6.07) is 15.4. The molecule has 0 radical (unpaired) electrons. The number of aromatic nitrogens is 3. The van der Waals surface area contributed by atoms with E-state index in [2.05, 4.69) is 4.98 Å². The maximum atomic E-state index is 12.3. The molecule has 0 aliphatic carbocycles. The highest BCUT2D eigenvalue weighted by molar-refractivity contribution is 5.80. The third-order valence-corrected chi connectivity index (χ3v) is 6.74. The second-order valence-corrected chi connectivity index (χ2v) is 9.22. The molecule has 0 unspecified atom stereocenters. The molecular formula is C28H30N6O5. The fourth-order valence-corrected chi connectivity index (χ4v) is 4.85. The van der Waals surface area contributed by atoms with Gasteiger partial charge in [-0.15, -0.1) is 0 Å². The largest absolute Gasteiger partial charge is 0.497 e. The smallest absolute Gasteiger partial charge is 0.334 e. The van der Waals surface area contributed by atoms with Crippen molar-refractivity contribution in [3.63, 3.8) is 0 Å². The molecule has 4 aromatic rings. The van der Waals surface area contributed by atoms with Crippen LogP contribution in [0.15, 0.2) is 54.7 Å². The van der Waals surface area contributed by atoms with E-state index in [0.29, 0.717) is 54.9 Å².